The van der Waals surface area contributed by atoms with Gasteiger partial charge in [-0.25, -0.2) is 0 Å². The van der Waals surface area contributed by atoms with Crippen molar-refractivity contribution in [3.8, 4) is 0 Å². The quantitative estimate of drug-likeness (QED) is 0.398. The lowest BCUT2D eigenvalue weighted by Crippen LogP contribution is -2.55. The van der Waals surface area contributed by atoms with Crippen LogP contribution in [0.5, 0.6) is 0 Å². The third-order valence-electron chi connectivity index (χ3n) is 9.03. The molecule has 1 heterocycles. The summed E-state index contributed by atoms with van der Waals surface area (Å²) in [5, 5.41) is 3.31. The van der Waals surface area contributed by atoms with Gasteiger partial charge in [0.25, 0.3) is 5.91 Å². The van der Waals surface area contributed by atoms with E-state index in [1.165, 1.54) is 28.7 Å². The number of aromatic nitrogens is 1. The number of benzene rings is 2. The monoisotopic (exact) mass is 481 g/mol. The summed E-state index contributed by atoms with van der Waals surface area (Å²) in [5.74, 6) is 0.939. The number of nitrogens with two attached hydrogens (primary N) is 1. The number of nitrogens with zero attached hydrogens (tertiary/aromatic N) is 1. The molecular formula is C32H39N3O. The van der Waals surface area contributed by atoms with Crippen molar-refractivity contribution in [2.75, 3.05) is 12.3 Å². The molecule has 1 amide bonds. The summed E-state index contributed by atoms with van der Waals surface area (Å²) in [5.41, 5.74) is 13.1. The van der Waals surface area contributed by atoms with Crippen LogP contribution in [0.4, 0.5) is 5.69 Å². The van der Waals surface area contributed by atoms with Crippen molar-refractivity contribution in [2.45, 2.75) is 70.6 Å². The molecule has 188 valence electrons. The largest absolute Gasteiger partial charge is 0.399 e. The molecule has 3 N–H and O–H groups in total. The van der Waals surface area contributed by atoms with E-state index in [9.17, 15) is 4.79 Å². The number of anilines is 1. The van der Waals surface area contributed by atoms with Crippen LogP contribution in [0, 0.1) is 11.3 Å². The molecule has 0 radical (unpaired) electrons. The fourth-order valence-electron chi connectivity index (χ4n) is 7.19. The molecule has 3 aromatic rings. The molecule has 0 unspecified atom stereocenters. The van der Waals surface area contributed by atoms with E-state index in [0.717, 1.165) is 37.8 Å². The molecule has 36 heavy (non-hydrogen) atoms. The van der Waals surface area contributed by atoms with Crippen LogP contribution in [0.25, 0.3) is 0 Å². The Hall–Kier alpha value is -3.14. The van der Waals surface area contributed by atoms with E-state index in [2.05, 4.69) is 61.4 Å². The number of hydrogen-bond donors (Lipinski definition) is 2. The zero-order valence-corrected chi connectivity index (χ0v) is 21.9. The van der Waals surface area contributed by atoms with Gasteiger partial charge < -0.3 is 11.1 Å². The number of rotatable bonds is 6. The number of fused-ring (bicyclic) bond motifs is 3. The first kappa shape index (κ1) is 24.5. The normalized spacial score (nSPS) is 25.2. The Balaban J connectivity index is 1.51. The van der Waals surface area contributed by atoms with Gasteiger partial charge in [0.15, 0.2) is 0 Å². The van der Waals surface area contributed by atoms with Crippen LogP contribution in [0.15, 0.2) is 66.9 Å². The second-order valence-electron chi connectivity index (χ2n) is 11.6. The van der Waals surface area contributed by atoms with E-state index in [1.54, 1.807) is 12.3 Å². The summed E-state index contributed by atoms with van der Waals surface area (Å²) in [7, 11) is 0. The van der Waals surface area contributed by atoms with Gasteiger partial charge >= 0.3 is 0 Å². The summed E-state index contributed by atoms with van der Waals surface area (Å²) in [6.07, 6.45) is 8.35. The number of carbonyl (C=O) groups is 1. The van der Waals surface area contributed by atoms with Crippen LogP contribution < -0.4 is 11.1 Å². The molecule has 4 nitrogen and oxygen atoms in total. The summed E-state index contributed by atoms with van der Waals surface area (Å²) in [6, 6.07) is 21.0. The summed E-state index contributed by atoms with van der Waals surface area (Å²) in [4.78, 5) is 17.4. The zero-order valence-electron chi connectivity index (χ0n) is 21.9. The number of nitrogens with one attached hydrogen (secondary N) is 1. The first-order chi connectivity index (χ1) is 17.3. The lowest BCUT2D eigenvalue weighted by atomic mass is 9.48. The van der Waals surface area contributed by atoms with Gasteiger partial charge in [-0.05, 0) is 101 Å². The first-order valence-electron chi connectivity index (χ1n) is 13.5. The summed E-state index contributed by atoms with van der Waals surface area (Å²) < 4.78 is 0. The van der Waals surface area contributed by atoms with Crippen molar-refractivity contribution < 1.29 is 4.79 Å². The molecule has 1 saturated carbocycles. The van der Waals surface area contributed by atoms with Gasteiger partial charge in [0.05, 0.1) is 0 Å². The first-order valence-corrected chi connectivity index (χ1v) is 13.5. The van der Waals surface area contributed by atoms with Gasteiger partial charge in [-0.2, -0.15) is 0 Å². The van der Waals surface area contributed by atoms with Crippen LogP contribution >= 0.6 is 0 Å². The lowest BCUT2D eigenvalue weighted by Gasteiger charge is -2.57. The smallest absolute Gasteiger partial charge is 0.269 e. The standard InChI is InChI=1S/C32H39N3O/c1-22(2)24-10-14-27-25(19-24)11-15-29-31(27,3)16-6-17-32(29,20-23-8-12-26(33)13-9-23)21-35-30(36)28-7-4-5-18-34-28/h4-5,7-10,12-14,18-19,22,29H,6,11,15-17,20-21,33H2,1-3H3,(H,35,36)/t29-,31-,32-/m1/s1. The number of amides is 1. The average molecular weight is 482 g/mol. The molecule has 0 saturated heterocycles. The predicted octanol–water partition coefficient (Wildman–Crippen LogP) is 6.45. The van der Waals surface area contributed by atoms with Gasteiger partial charge in [-0.15, -0.1) is 0 Å². The highest BCUT2D eigenvalue weighted by molar-refractivity contribution is 5.92. The van der Waals surface area contributed by atoms with Crippen molar-refractivity contribution >= 4 is 11.6 Å². The van der Waals surface area contributed by atoms with Gasteiger partial charge in [0.2, 0.25) is 0 Å². The molecule has 2 aliphatic carbocycles. The second-order valence-corrected chi connectivity index (χ2v) is 11.6. The topological polar surface area (TPSA) is 68.0 Å². The maximum Gasteiger partial charge on any atom is 0.269 e. The zero-order chi connectivity index (χ0) is 25.3. The van der Waals surface area contributed by atoms with Gasteiger partial charge in [-0.3, -0.25) is 9.78 Å². The number of pyridine rings is 1. The minimum Gasteiger partial charge on any atom is -0.399 e. The molecule has 3 atom stereocenters. The van der Waals surface area contributed by atoms with Crippen LogP contribution in [0.3, 0.4) is 0 Å². The third kappa shape index (κ3) is 4.54. The van der Waals surface area contributed by atoms with Crippen molar-refractivity contribution in [3.05, 3.63) is 94.8 Å². The van der Waals surface area contributed by atoms with Gasteiger partial charge in [0, 0.05) is 18.4 Å². The highest BCUT2D eigenvalue weighted by Crippen LogP contribution is 2.58. The van der Waals surface area contributed by atoms with Gasteiger partial charge in [0.1, 0.15) is 5.69 Å². The van der Waals surface area contributed by atoms with Crippen LogP contribution in [0.1, 0.15) is 85.1 Å². The van der Waals surface area contributed by atoms with Crippen molar-refractivity contribution in [1.29, 1.82) is 0 Å². The minimum atomic E-state index is -0.0858. The fourth-order valence-corrected chi connectivity index (χ4v) is 7.19. The Morgan fingerprint density at radius 3 is 2.64 bits per heavy atom. The lowest BCUT2D eigenvalue weighted by molar-refractivity contribution is 0.0111. The van der Waals surface area contributed by atoms with Crippen molar-refractivity contribution in [3.63, 3.8) is 0 Å². The summed E-state index contributed by atoms with van der Waals surface area (Å²) in [6.45, 7) is 7.70. The van der Waals surface area contributed by atoms with Crippen molar-refractivity contribution in [1.82, 2.24) is 10.3 Å². The number of carbonyl (C=O) groups excluding carboxylic acids is 1. The highest BCUT2D eigenvalue weighted by Gasteiger charge is 2.53. The van der Waals surface area contributed by atoms with E-state index in [0.29, 0.717) is 24.1 Å². The maximum absolute atomic E-state index is 13.1. The average Bonchev–Trinajstić information content (AvgIpc) is 2.88. The molecule has 1 fully saturated rings. The van der Waals surface area contributed by atoms with Gasteiger partial charge in [-0.1, -0.05) is 63.6 Å². The molecular weight excluding hydrogens is 442 g/mol. The third-order valence-corrected chi connectivity index (χ3v) is 9.03. The van der Waals surface area contributed by atoms with Crippen LogP contribution in [-0.4, -0.2) is 17.4 Å². The SMILES string of the molecule is CC(C)c1ccc2c(c1)CC[C@H]1[C@@](CNC(=O)c3ccccn3)(Cc3ccc(N)cc3)CCC[C@]21C. The van der Waals surface area contributed by atoms with E-state index >= 15 is 0 Å². The molecule has 1 aromatic heterocycles. The molecule has 0 bridgehead atoms. The molecule has 4 heteroatoms. The number of hydrogen-bond acceptors (Lipinski definition) is 3. The van der Waals surface area contributed by atoms with Crippen LogP contribution in [-0.2, 0) is 18.3 Å². The molecule has 5 rings (SSSR count). The Labute approximate surface area is 215 Å². The van der Waals surface area contributed by atoms with E-state index in [1.807, 2.05) is 24.3 Å². The van der Waals surface area contributed by atoms with Crippen molar-refractivity contribution in [2.24, 2.45) is 11.3 Å². The second kappa shape index (κ2) is 9.72. The Kier molecular flexibility index (Phi) is 6.63. The molecule has 0 spiro atoms. The molecule has 0 aliphatic heterocycles. The fraction of sp³-hybridized carbons (Fsp3) is 0.438. The molecule has 2 aromatic carbocycles. The van der Waals surface area contributed by atoms with Crippen LogP contribution in [0.2, 0.25) is 0 Å². The molecule has 2 aliphatic rings. The Morgan fingerprint density at radius 2 is 1.92 bits per heavy atom. The minimum absolute atomic E-state index is 0.0258. The predicted molar refractivity (Wildman–Crippen MR) is 147 cm³/mol. The maximum atomic E-state index is 13.1. The van der Waals surface area contributed by atoms with E-state index in [4.69, 9.17) is 5.73 Å². The van der Waals surface area contributed by atoms with E-state index < -0.39 is 0 Å². The Bertz CT molecular complexity index is 1220. The summed E-state index contributed by atoms with van der Waals surface area (Å²) >= 11 is 0. The Morgan fingerprint density at radius 1 is 1.11 bits per heavy atom. The number of nitrogen functional groups attached to an aromatic ring is 1. The number of aryl methyl sites for hydroxylation is 1. The van der Waals surface area contributed by atoms with E-state index in [-0.39, 0.29) is 16.7 Å². The highest BCUT2D eigenvalue weighted by atomic mass is 16.1.